The van der Waals surface area contributed by atoms with E-state index in [1.807, 2.05) is 6.07 Å². The molecule has 7 heteroatoms. The Bertz CT molecular complexity index is 595. The molecule has 0 atom stereocenters. The molecule has 0 aliphatic carbocycles. The molecule has 0 unspecified atom stereocenters. The number of anilines is 2. The summed E-state index contributed by atoms with van der Waals surface area (Å²) in [6.45, 7) is 0. The summed E-state index contributed by atoms with van der Waals surface area (Å²) in [7, 11) is 0. The van der Waals surface area contributed by atoms with Crippen LogP contribution in [0, 0.1) is 11.3 Å². The van der Waals surface area contributed by atoms with Gasteiger partial charge in [0, 0.05) is 6.20 Å². The molecule has 0 fully saturated rings. The fourth-order valence-electron chi connectivity index (χ4n) is 1.06. The van der Waals surface area contributed by atoms with Crippen molar-refractivity contribution in [3.8, 4) is 6.07 Å². The monoisotopic (exact) mass is 252 g/mol. The number of hydrogen-bond acceptors (Lipinski definition) is 5. The van der Waals surface area contributed by atoms with Gasteiger partial charge in [-0.3, -0.25) is 9.17 Å². The Morgan fingerprint density at radius 1 is 1.56 bits per heavy atom. The lowest BCUT2D eigenvalue weighted by Crippen LogP contribution is -2.03. The Hall–Kier alpha value is -1.84. The summed E-state index contributed by atoms with van der Waals surface area (Å²) in [5.74, 6) is 0.524. The lowest BCUT2D eigenvalue weighted by Gasteiger charge is -2.01. The standard InChI is InChI=1S/C9H5ClN4OS/c10-5-1-2-7(12-4-5)13-9-6(3-11)8(15)14-16-9/h1-2,4H,(H,12,13)(H,14,15). The molecule has 2 N–H and O–H groups in total. The molecule has 0 aromatic carbocycles. The van der Waals surface area contributed by atoms with Crippen molar-refractivity contribution >= 4 is 34.0 Å². The second-order valence-electron chi connectivity index (χ2n) is 2.84. The highest BCUT2D eigenvalue weighted by atomic mass is 35.5. The topological polar surface area (TPSA) is 81.6 Å². The Morgan fingerprint density at radius 2 is 2.38 bits per heavy atom. The molecular weight excluding hydrogens is 248 g/mol. The van der Waals surface area contributed by atoms with Gasteiger partial charge >= 0.3 is 0 Å². The smallest absolute Gasteiger partial charge is 0.278 e. The van der Waals surface area contributed by atoms with Crippen LogP contribution in [0.3, 0.4) is 0 Å². The normalized spacial score (nSPS) is 9.75. The molecule has 16 heavy (non-hydrogen) atoms. The number of H-pyrrole nitrogens is 1. The molecule has 0 amide bonds. The summed E-state index contributed by atoms with van der Waals surface area (Å²) in [4.78, 5) is 15.2. The second kappa shape index (κ2) is 4.35. The first kappa shape index (κ1) is 10.7. The van der Waals surface area contributed by atoms with Gasteiger partial charge in [-0.1, -0.05) is 11.6 Å². The molecule has 0 aliphatic heterocycles. The lowest BCUT2D eigenvalue weighted by atomic mass is 10.3. The molecule has 2 heterocycles. The minimum absolute atomic E-state index is 0.0572. The van der Waals surface area contributed by atoms with Crippen molar-refractivity contribution in [2.75, 3.05) is 5.32 Å². The Kier molecular flexibility index (Phi) is 2.90. The van der Waals surface area contributed by atoms with E-state index in [1.54, 1.807) is 12.1 Å². The van der Waals surface area contributed by atoms with Gasteiger partial charge < -0.3 is 5.32 Å². The lowest BCUT2D eigenvalue weighted by molar-refractivity contribution is 1.31. The van der Waals surface area contributed by atoms with Gasteiger partial charge in [0.1, 0.15) is 16.9 Å². The molecule has 0 saturated heterocycles. The van der Waals surface area contributed by atoms with Gasteiger partial charge in [-0.05, 0) is 23.7 Å². The summed E-state index contributed by atoms with van der Waals surface area (Å²) in [5.41, 5.74) is -0.342. The van der Waals surface area contributed by atoms with Crippen molar-refractivity contribution < 1.29 is 0 Å². The van der Waals surface area contributed by atoms with Crippen molar-refractivity contribution in [3.63, 3.8) is 0 Å². The third-order valence-corrected chi connectivity index (χ3v) is 2.80. The predicted molar refractivity (Wildman–Crippen MR) is 62.2 cm³/mol. The number of nitrogens with one attached hydrogen (secondary N) is 2. The van der Waals surface area contributed by atoms with Crippen LogP contribution < -0.4 is 10.9 Å². The molecule has 2 aromatic rings. The van der Waals surface area contributed by atoms with E-state index < -0.39 is 5.56 Å². The van der Waals surface area contributed by atoms with Crippen LogP contribution in [-0.2, 0) is 0 Å². The molecular formula is C9H5ClN4OS. The van der Waals surface area contributed by atoms with E-state index in [2.05, 4.69) is 14.7 Å². The van der Waals surface area contributed by atoms with Crippen molar-refractivity contribution in [2.24, 2.45) is 0 Å². The molecule has 0 aliphatic rings. The highest BCUT2D eigenvalue weighted by molar-refractivity contribution is 7.10. The van der Waals surface area contributed by atoms with Crippen molar-refractivity contribution in [1.29, 1.82) is 5.26 Å². The van der Waals surface area contributed by atoms with Crippen LogP contribution in [0.25, 0.3) is 0 Å². The summed E-state index contributed by atoms with van der Waals surface area (Å²) in [6.07, 6.45) is 1.48. The van der Waals surface area contributed by atoms with Gasteiger partial charge in [-0.15, -0.1) is 0 Å². The van der Waals surface area contributed by atoms with Gasteiger partial charge in [0.25, 0.3) is 5.56 Å². The van der Waals surface area contributed by atoms with Crippen LogP contribution in [0.15, 0.2) is 23.1 Å². The number of aromatic amines is 1. The highest BCUT2D eigenvalue weighted by Gasteiger charge is 2.09. The number of rotatable bonds is 2. The predicted octanol–water partition coefficient (Wildman–Crippen LogP) is 2.10. The fraction of sp³-hybridized carbons (Fsp3) is 0. The van der Waals surface area contributed by atoms with E-state index in [0.29, 0.717) is 15.8 Å². The van der Waals surface area contributed by atoms with Crippen LogP contribution in [0.4, 0.5) is 10.8 Å². The molecule has 80 valence electrons. The molecule has 0 saturated carbocycles. The maximum absolute atomic E-state index is 11.2. The van der Waals surface area contributed by atoms with E-state index in [-0.39, 0.29) is 5.56 Å². The zero-order valence-electron chi connectivity index (χ0n) is 7.82. The van der Waals surface area contributed by atoms with Gasteiger partial charge in [0.2, 0.25) is 0 Å². The van der Waals surface area contributed by atoms with Crippen molar-refractivity contribution in [2.45, 2.75) is 0 Å². The number of nitriles is 1. The third-order valence-electron chi connectivity index (χ3n) is 1.78. The number of halogens is 1. The van der Waals surface area contributed by atoms with Crippen LogP contribution in [0.5, 0.6) is 0 Å². The average Bonchev–Trinajstić information content (AvgIpc) is 2.63. The third kappa shape index (κ3) is 2.05. The highest BCUT2D eigenvalue weighted by Crippen LogP contribution is 2.20. The van der Waals surface area contributed by atoms with Crippen LogP contribution in [0.2, 0.25) is 5.02 Å². The Labute approximate surface area is 99.5 Å². The van der Waals surface area contributed by atoms with E-state index in [0.717, 1.165) is 11.5 Å². The summed E-state index contributed by atoms with van der Waals surface area (Å²) < 4.78 is 2.47. The van der Waals surface area contributed by atoms with Gasteiger partial charge in [0.15, 0.2) is 5.56 Å². The van der Waals surface area contributed by atoms with Gasteiger partial charge in [0.05, 0.1) is 5.02 Å². The summed E-state index contributed by atoms with van der Waals surface area (Å²) in [5, 5.41) is 12.6. The van der Waals surface area contributed by atoms with E-state index >= 15 is 0 Å². The number of aromatic nitrogens is 2. The average molecular weight is 253 g/mol. The van der Waals surface area contributed by atoms with E-state index in [1.165, 1.54) is 6.20 Å². The number of hydrogen-bond donors (Lipinski definition) is 2. The zero-order chi connectivity index (χ0) is 11.5. The second-order valence-corrected chi connectivity index (χ2v) is 4.09. The quantitative estimate of drug-likeness (QED) is 0.858. The minimum Gasteiger partial charge on any atom is -0.330 e. The van der Waals surface area contributed by atoms with E-state index in [9.17, 15) is 4.79 Å². The molecule has 0 spiro atoms. The van der Waals surface area contributed by atoms with Gasteiger partial charge in [-0.25, -0.2) is 4.98 Å². The Morgan fingerprint density at radius 3 is 3.00 bits per heavy atom. The van der Waals surface area contributed by atoms with Crippen LogP contribution >= 0.6 is 23.1 Å². The molecule has 2 rings (SSSR count). The summed E-state index contributed by atoms with van der Waals surface area (Å²) in [6, 6.07) is 5.15. The fourth-order valence-corrected chi connectivity index (χ4v) is 1.86. The molecule has 0 bridgehead atoms. The maximum atomic E-state index is 11.2. The number of nitrogens with zero attached hydrogens (tertiary/aromatic N) is 2. The zero-order valence-corrected chi connectivity index (χ0v) is 9.39. The van der Waals surface area contributed by atoms with Crippen LogP contribution in [-0.4, -0.2) is 9.36 Å². The molecule has 5 nitrogen and oxygen atoms in total. The number of pyridine rings is 1. The van der Waals surface area contributed by atoms with Crippen molar-refractivity contribution in [3.05, 3.63) is 39.3 Å². The van der Waals surface area contributed by atoms with Crippen LogP contribution in [0.1, 0.15) is 5.56 Å². The first-order valence-electron chi connectivity index (χ1n) is 4.21. The molecule has 2 aromatic heterocycles. The Balaban J connectivity index is 2.31. The molecule has 0 radical (unpaired) electrons. The minimum atomic E-state index is -0.399. The van der Waals surface area contributed by atoms with Gasteiger partial charge in [-0.2, -0.15) is 5.26 Å². The van der Waals surface area contributed by atoms with E-state index in [4.69, 9.17) is 16.9 Å². The largest absolute Gasteiger partial charge is 0.330 e. The maximum Gasteiger partial charge on any atom is 0.278 e. The SMILES string of the molecule is N#Cc1c(Nc2ccc(Cl)cn2)s[nH]c1=O. The van der Waals surface area contributed by atoms with Crippen molar-refractivity contribution in [1.82, 2.24) is 9.36 Å². The summed E-state index contributed by atoms with van der Waals surface area (Å²) >= 11 is 6.74. The first-order chi connectivity index (χ1) is 7.70. The first-order valence-corrected chi connectivity index (χ1v) is 5.40.